The zero-order chi connectivity index (χ0) is 21.2. The maximum absolute atomic E-state index is 4.71. The Hall–Kier alpha value is -0.800. The van der Waals surface area contributed by atoms with Crippen LogP contribution in [0.2, 0.25) is 0 Å². The van der Waals surface area contributed by atoms with Gasteiger partial charge in [0.25, 0.3) is 0 Å². The van der Waals surface area contributed by atoms with Crippen molar-refractivity contribution in [1.82, 2.24) is 20.6 Å². The summed E-state index contributed by atoms with van der Waals surface area (Å²) >= 11 is 5.28. The molecule has 6 nitrogen and oxygen atoms in total. The Kier molecular flexibility index (Phi) is 16.3. The summed E-state index contributed by atoms with van der Waals surface area (Å²) in [4.78, 5) is 16.3. The molecular weight excluding hydrogens is 420 g/mol. The van der Waals surface area contributed by atoms with Crippen molar-refractivity contribution in [3.05, 3.63) is 17.7 Å². The number of amidine groups is 2. The molecule has 0 aliphatic carbocycles. The molecule has 0 bridgehead atoms. The van der Waals surface area contributed by atoms with Crippen LogP contribution in [0.25, 0.3) is 0 Å². The summed E-state index contributed by atoms with van der Waals surface area (Å²) < 4.78 is 0. The highest BCUT2D eigenvalue weighted by atomic mass is 32.2. The normalized spacial score (nSPS) is 12.4. The van der Waals surface area contributed by atoms with Crippen molar-refractivity contribution < 1.29 is 0 Å². The highest BCUT2D eigenvalue weighted by Gasteiger charge is 2.01. The van der Waals surface area contributed by atoms with Crippen LogP contribution in [0.15, 0.2) is 16.3 Å². The van der Waals surface area contributed by atoms with Crippen molar-refractivity contribution in [2.75, 3.05) is 44.9 Å². The van der Waals surface area contributed by atoms with E-state index in [9.17, 15) is 0 Å². The molecular formula is C20H38N6S3. The molecule has 3 N–H and O–H groups in total. The predicted molar refractivity (Wildman–Crippen MR) is 136 cm³/mol. The van der Waals surface area contributed by atoms with E-state index >= 15 is 0 Å². The highest BCUT2D eigenvalue weighted by Crippen LogP contribution is 2.12. The lowest BCUT2D eigenvalue weighted by molar-refractivity contribution is 0.594. The summed E-state index contributed by atoms with van der Waals surface area (Å²) in [5.74, 6) is 2.02. The van der Waals surface area contributed by atoms with Crippen LogP contribution in [0, 0.1) is 6.92 Å². The van der Waals surface area contributed by atoms with E-state index < -0.39 is 0 Å². The number of hydrogen-bond donors (Lipinski definition) is 3. The number of aryl methyl sites for hydroxylation is 1. The summed E-state index contributed by atoms with van der Waals surface area (Å²) in [6.07, 6.45) is 13.5. The Balaban J connectivity index is 1.96. The molecule has 0 spiro atoms. The number of aromatic amines is 1. The monoisotopic (exact) mass is 458 g/mol. The van der Waals surface area contributed by atoms with E-state index in [1.165, 1.54) is 44.2 Å². The molecule has 1 rings (SSSR count). The summed E-state index contributed by atoms with van der Waals surface area (Å²) in [5.41, 5.74) is 2.33. The van der Waals surface area contributed by atoms with E-state index in [-0.39, 0.29) is 0 Å². The van der Waals surface area contributed by atoms with Gasteiger partial charge in [-0.3, -0.25) is 9.98 Å². The molecule has 1 heterocycles. The second kappa shape index (κ2) is 18.0. The Morgan fingerprint density at radius 1 is 1.00 bits per heavy atom. The fourth-order valence-electron chi connectivity index (χ4n) is 2.69. The number of imidazole rings is 1. The first-order valence-corrected chi connectivity index (χ1v) is 13.9. The van der Waals surface area contributed by atoms with Crippen LogP contribution in [0.4, 0.5) is 0 Å². The fourth-order valence-corrected chi connectivity index (χ4v) is 4.46. The molecule has 0 radical (unpaired) electrons. The lowest BCUT2D eigenvalue weighted by atomic mass is 10.1. The van der Waals surface area contributed by atoms with Crippen molar-refractivity contribution in [1.29, 1.82) is 0 Å². The number of thioether (sulfide) groups is 3. The van der Waals surface area contributed by atoms with Gasteiger partial charge in [0.05, 0.1) is 12.0 Å². The minimum atomic E-state index is 0.925. The largest absolute Gasteiger partial charge is 0.365 e. The van der Waals surface area contributed by atoms with Crippen LogP contribution >= 0.6 is 35.3 Å². The topological polar surface area (TPSA) is 77.5 Å². The minimum Gasteiger partial charge on any atom is -0.365 e. The van der Waals surface area contributed by atoms with E-state index in [0.29, 0.717) is 0 Å². The fraction of sp³-hybridized carbons (Fsp3) is 0.750. The Bertz CT molecular complexity index is 589. The lowest BCUT2D eigenvalue weighted by Gasteiger charge is -2.08. The molecule has 0 saturated heterocycles. The number of nitrogens with zero attached hydrogens (tertiary/aromatic N) is 3. The summed E-state index contributed by atoms with van der Waals surface area (Å²) in [5, 5.41) is 8.92. The second-order valence-corrected chi connectivity index (χ2v) is 9.32. The zero-order valence-electron chi connectivity index (χ0n) is 18.4. The Morgan fingerprint density at radius 3 is 2.34 bits per heavy atom. The molecule has 0 aromatic carbocycles. The van der Waals surface area contributed by atoms with E-state index in [2.05, 4.69) is 45.0 Å². The summed E-state index contributed by atoms with van der Waals surface area (Å²) in [7, 11) is 1.84. The average Bonchev–Trinajstić information content (AvgIpc) is 3.15. The third-order valence-corrected chi connectivity index (χ3v) is 6.75. The third-order valence-electron chi connectivity index (χ3n) is 4.40. The third kappa shape index (κ3) is 13.2. The van der Waals surface area contributed by atoms with E-state index in [1.807, 2.05) is 18.8 Å². The molecule has 29 heavy (non-hydrogen) atoms. The molecule has 9 heteroatoms. The van der Waals surface area contributed by atoms with Gasteiger partial charge in [0.1, 0.15) is 0 Å². The first-order chi connectivity index (χ1) is 14.2. The van der Waals surface area contributed by atoms with Crippen LogP contribution in [0.5, 0.6) is 0 Å². The molecule has 0 aliphatic rings. The lowest BCUT2D eigenvalue weighted by Crippen LogP contribution is -2.23. The standard InChI is InChI=1S/C20H38N6S3/c1-17-18(26-16-25-17)15-29-14-13-24-20(28-4)23-12-10-8-6-5-7-9-11-22-19(21-2)27-3/h16H,5-15H2,1-4H3,(H,21,22)(H,23,24)(H,25,26). The first kappa shape index (κ1) is 26.2. The molecule has 0 aliphatic heterocycles. The van der Waals surface area contributed by atoms with Gasteiger partial charge in [-0.2, -0.15) is 11.8 Å². The smallest absolute Gasteiger partial charge is 0.156 e. The maximum atomic E-state index is 4.71. The molecule has 166 valence electrons. The van der Waals surface area contributed by atoms with Crippen LogP contribution < -0.4 is 10.6 Å². The summed E-state index contributed by atoms with van der Waals surface area (Å²) in [6.45, 7) is 4.97. The molecule has 1 aromatic rings. The number of H-pyrrole nitrogens is 1. The minimum absolute atomic E-state index is 0.925. The molecule has 0 amide bonds. The van der Waals surface area contributed by atoms with Gasteiger partial charge < -0.3 is 15.6 Å². The molecule has 0 unspecified atom stereocenters. The maximum Gasteiger partial charge on any atom is 0.156 e. The predicted octanol–water partition coefficient (Wildman–Crippen LogP) is 4.54. The molecule has 1 aromatic heterocycles. The van der Waals surface area contributed by atoms with Gasteiger partial charge in [0, 0.05) is 43.9 Å². The van der Waals surface area contributed by atoms with E-state index in [0.717, 1.165) is 47.2 Å². The first-order valence-electron chi connectivity index (χ1n) is 10.3. The Morgan fingerprint density at radius 2 is 1.69 bits per heavy atom. The van der Waals surface area contributed by atoms with Gasteiger partial charge >= 0.3 is 0 Å². The second-order valence-electron chi connectivity index (χ2n) is 6.63. The number of hydrogen-bond acceptors (Lipinski definition) is 6. The number of unbranched alkanes of at least 4 members (excludes halogenated alkanes) is 5. The number of aromatic nitrogens is 2. The molecule has 0 atom stereocenters. The van der Waals surface area contributed by atoms with Crippen molar-refractivity contribution in [3.63, 3.8) is 0 Å². The van der Waals surface area contributed by atoms with E-state index in [4.69, 9.17) is 4.99 Å². The van der Waals surface area contributed by atoms with Crippen molar-refractivity contribution in [3.8, 4) is 0 Å². The van der Waals surface area contributed by atoms with Crippen LogP contribution in [0.3, 0.4) is 0 Å². The van der Waals surface area contributed by atoms with Gasteiger partial charge in [-0.05, 0) is 32.3 Å². The quantitative estimate of drug-likeness (QED) is 0.216. The van der Waals surface area contributed by atoms with Crippen LogP contribution in [-0.2, 0) is 5.75 Å². The van der Waals surface area contributed by atoms with Gasteiger partial charge in [0.2, 0.25) is 0 Å². The van der Waals surface area contributed by atoms with Crippen LogP contribution in [-0.4, -0.2) is 65.2 Å². The average molecular weight is 459 g/mol. The van der Waals surface area contributed by atoms with Crippen molar-refractivity contribution in [2.24, 2.45) is 9.98 Å². The zero-order valence-corrected chi connectivity index (χ0v) is 20.9. The molecule has 0 saturated carbocycles. The van der Waals surface area contributed by atoms with Crippen molar-refractivity contribution in [2.45, 2.75) is 51.2 Å². The van der Waals surface area contributed by atoms with E-state index in [1.54, 1.807) is 29.9 Å². The number of aliphatic imine (C=N–C) groups is 2. The molecule has 0 fully saturated rings. The number of nitrogens with one attached hydrogen (secondary N) is 3. The van der Waals surface area contributed by atoms with Gasteiger partial charge in [-0.25, -0.2) is 4.98 Å². The number of rotatable bonds is 14. The van der Waals surface area contributed by atoms with Gasteiger partial charge in [0.15, 0.2) is 10.3 Å². The van der Waals surface area contributed by atoms with Gasteiger partial charge in [-0.1, -0.05) is 49.2 Å². The Labute approximate surface area is 189 Å². The van der Waals surface area contributed by atoms with Crippen LogP contribution in [0.1, 0.15) is 49.9 Å². The van der Waals surface area contributed by atoms with Gasteiger partial charge in [-0.15, -0.1) is 0 Å². The summed E-state index contributed by atoms with van der Waals surface area (Å²) in [6, 6.07) is 0. The van der Waals surface area contributed by atoms with Crippen molar-refractivity contribution >= 4 is 45.6 Å². The highest BCUT2D eigenvalue weighted by molar-refractivity contribution is 8.13. The SMILES string of the molecule is CN=C(NCCCCCCCCN=C(NCCSCc1nc[nH]c1C)SC)SC.